The van der Waals surface area contributed by atoms with Crippen molar-refractivity contribution in [1.82, 2.24) is 19.7 Å². The van der Waals surface area contributed by atoms with Crippen molar-refractivity contribution in [3.63, 3.8) is 0 Å². The maximum Gasteiger partial charge on any atom is 0.164 e. The van der Waals surface area contributed by atoms with Gasteiger partial charge in [0, 0.05) is 24.2 Å². The Kier molecular flexibility index (Phi) is 5.46. The second kappa shape index (κ2) is 8.81. The lowest BCUT2D eigenvalue weighted by Crippen LogP contribution is -2.27. The van der Waals surface area contributed by atoms with Gasteiger partial charge in [-0.1, -0.05) is 42.5 Å². The predicted molar refractivity (Wildman–Crippen MR) is 140 cm³/mol. The van der Waals surface area contributed by atoms with Gasteiger partial charge in [-0.15, -0.1) is 0 Å². The van der Waals surface area contributed by atoms with Crippen LogP contribution in [0.1, 0.15) is 22.5 Å². The molecule has 2 aromatic heterocycles. The molecule has 0 aliphatic carbocycles. The van der Waals surface area contributed by atoms with Crippen molar-refractivity contribution in [1.29, 1.82) is 0 Å². The van der Waals surface area contributed by atoms with Gasteiger partial charge in [-0.3, -0.25) is 4.90 Å². The fourth-order valence-electron chi connectivity index (χ4n) is 5.02. The number of hydrogen-bond acceptors (Lipinski definition) is 3. The molecule has 1 aliphatic rings. The lowest BCUT2D eigenvalue weighted by Gasteiger charge is -2.29. The lowest BCUT2D eigenvalue weighted by molar-refractivity contribution is 0.359. The van der Waals surface area contributed by atoms with Crippen LogP contribution < -0.4 is 0 Å². The van der Waals surface area contributed by atoms with Gasteiger partial charge in [0.05, 0.1) is 22.5 Å². The molecule has 6 heteroatoms. The number of fused-ring (bicyclic) bond motifs is 2. The minimum atomic E-state index is -0.274. The summed E-state index contributed by atoms with van der Waals surface area (Å²) in [7, 11) is 2.07. The van der Waals surface area contributed by atoms with E-state index in [1.54, 1.807) is 12.1 Å². The monoisotopic (exact) mass is 478 g/mol. The largest absolute Gasteiger partial charge is 0.298 e. The van der Waals surface area contributed by atoms with E-state index < -0.39 is 0 Å². The Morgan fingerprint density at radius 1 is 0.833 bits per heavy atom. The molecule has 0 atom stereocenters. The Morgan fingerprint density at radius 2 is 1.50 bits per heavy atom. The van der Waals surface area contributed by atoms with Crippen molar-refractivity contribution in [2.75, 3.05) is 13.6 Å². The SMILES string of the molecule is Cc1nn(-c2ccccc2)c2nc3c(c(-c4ccc(F)cc4)c12)CN(C)C/C3=C/c1ccc(F)cc1. The quantitative estimate of drug-likeness (QED) is 0.291. The highest BCUT2D eigenvalue weighted by molar-refractivity contribution is 6.00. The smallest absolute Gasteiger partial charge is 0.164 e. The zero-order valence-electron chi connectivity index (χ0n) is 20.0. The molecule has 6 rings (SSSR count). The van der Waals surface area contributed by atoms with Gasteiger partial charge in [-0.2, -0.15) is 5.10 Å². The summed E-state index contributed by atoms with van der Waals surface area (Å²) >= 11 is 0. The van der Waals surface area contributed by atoms with Crippen LogP contribution in [0.5, 0.6) is 0 Å². The Labute approximate surface area is 208 Å². The summed E-state index contributed by atoms with van der Waals surface area (Å²) in [6, 6.07) is 23.1. The summed E-state index contributed by atoms with van der Waals surface area (Å²) in [5.74, 6) is -0.539. The molecule has 0 saturated carbocycles. The molecule has 3 heterocycles. The van der Waals surface area contributed by atoms with Gasteiger partial charge in [0.15, 0.2) is 5.65 Å². The first-order valence-electron chi connectivity index (χ1n) is 11.9. The highest BCUT2D eigenvalue weighted by Gasteiger charge is 2.28. The number of hydrogen-bond donors (Lipinski definition) is 0. The summed E-state index contributed by atoms with van der Waals surface area (Å²) in [5, 5.41) is 5.84. The third-order valence-corrected chi connectivity index (χ3v) is 6.61. The van der Waals surface area contributed by atoms with Crippen molar-refractivity contribution in [2.24, 2.45) is 0 Å². The first-order valence-corrected chi connectivity index (χ1v) is 11.9. The minimum absolute atomic E-state index is 0.265. The maximum absolute atomic E-state index is 13.9. The van der Waals surface area contributed by atoms with E-state index in [1.807, 2.05) is 54.1 Å². The highest BCUT2D eigenvalue weighted by Crippen LogP contribution is 2.40. The van der Waals surface area contributed by atoms with E-state index in [4.69, 9.17) is 10.1 Å². The molecule has 0 unspecified atom stereocenters. The summed E-state index contributed by atoms with van der Waals surface area (Å²) in [6.07, 6.45) is 2.07. The van der Waals surface area contributed by atoms with Crippen LogP contribution in [-0.2, 0) is 6.54 Å². The number of nitrogens with zero attached hydrogens (tertiary/aromatic N) is 4. The summed E-state index contributed by atoms with van der Waals surface area (Å²) in [4.78, 5) is 7.43. The number of likely N-dealkylation sites (N-methyl/N-ethyl adjacent to an activating group) is 1. The molecule has 36 heavy (non-hydrogen) atoms. The van der Waals surface area contributed by atoms with Crippen molar-refractivity contribution in [2.45, 2.75) is 13.5 Å². The maximum atomic E-state index is 13.9. The first kappa shape index (κ1) is 22.3. The van der Waals surface area contributed by atoms with E-state index in [2.05, 4.69) is 18.0 Å². The first-order chi connectivity index (χ1) is 17.5. The fraction of sp³-hybridized carbons (Fsp3) is 0.133. The number of pyridine rings is 1. The molecule has 5 aromatic rings. The molecule has 0 radical (unpaired) electrons. The van der Waals surface area contributed by atoms with E-state index in [0.717, 1.165) is 55.9 Å². The van der Waals surface area contributed by atoms with Crippen LogP contribution in [-0.4, -0.2) is 33.3 Å². The Balaban J connectivity index is 1.68. The van der Waals surface area contributed by atoms with Gasteiger partial charge in [-0.25, -0.2) is 18.4 Å². The van der Waals surface area contributed by atoms with Crippen molar-refractivity contribution < 1.29 is 8.78 Å². The van der Waals surface area contributed by atoms with Gasteiger partial charge in [0.2, 0.25) is 0 Å². The van der Waals surface area contributed by atoms with Crippen LogP contribution in [0.25, 0.3) is 39.5 Å². The Bertz CT molecular complexity index is 1600. The normalized spacial score (nSPS) is 14.9. The molecule has 0 amide bonds. The molecule has 1 aliphatic heterocycles. The summed E-state index contributed by atoms with van der Waals surface area (Å²) in [6.45, 7) is 3.39. The standard InChI is InChI=1S/C30H24F2N4/c1-19-27-28(21-10-14-24(32)15-11-21)26-18-35(2)17-22(16-20-8-12-23(31)13-9-20)29(26)33-30(27)36(34-19)25-6-4-3-5-7-25/h3-16H,17-18H2,1-2H3/b22-16-. The van der Waals surface area contributed by atoms with Crippen molar-refractivity contribution >= 4 is 22.7 Å². The Morgan fingerprint density at radius 3 is 2.19 bits per heavy atom. The second-order valence-electron chi connectivity index (χ2n) is 9.25. The highest BCUT2D eigenvalue weighted by atomic mass is 19.1. The molecule has 3 aromatic carbocycles. The molecule has 0 saturated heterocycles. The van der Waals surface area contributed by atoms with Crippen LogP contribution in [0.15, 0.2) is 78.9 Å². The number of halogens is 2. The summed E-state index contributed by atoms with van der Waals surface area (Å²) < 4.78 is 29.3. The average Bonchev–Trinajstić information content (AvgIpc) is 3.21. The number of aryl methyl sites for hydroxylation is 1. The molecule has 0 fully saturated rings. The summed E-state index contributed by atoms with van der Waals surface area (Å²) in [5.41, 5.74) is 8.39. The molecule has 0 N–H and O–H groups in total. The minimum Gasteiger partial charge on any atom is -0.298 e. The molecule has 0 spiro atoms. The second-order valence-corrected chi connectivity index (χ2v) is 9.25. The van der Waals surface area contributed by atoms with E-state index >= 15 is 0 Å². The van der Waals surface area contributed by atoms with Crippen LogP contribution in [0.2, 0.25) is 0 Å². The zero-order valence-corrected chi connectivity index (χ0v) is 20.0. The van der Waals surface area contributed by atoms with Crippen LogP contribution in [0.4, 0.5) is 8.78 Å². The molecule has 178 valence electrons. The van der Waals surface area contributed by atoms with Gasteiger partial charge >= 0.3 is 0 Å². The van der Waals surface area contributed by atoms with Gasteiger partial charge in [0.1, 0.15) is 11.6 Å². The third-order valence-electron chi connectivity index (χ3n) is 6.61. The Hall–Kier alpha value is -4.16. The third kappa shape index (κ3) is 3.89. The van der Waals surface area contributed by atoms with Crippen molar-refractivity contribution in [3.05, 3.63) is 113 Å². The topological polar surface area (TPSA) is 34.0 Å². The van der Waals surface area contributed by atoms with Crippen LogP contribution >= 0.6 is 0 Å². The van der Waals surface area contributed by atoms with Crippen LogP contribution in [0, 0.1) is 18.6 Å². The van der Waals surface area contributed by atoms with Crippen molar-refractivity contribution in [3.8, 4) is 16.8 Å². The lowest BCUT2D eigenvalue weighted by atomic mass is 9.89. The number of para-hydroxylation sites is 1. The molecular formula is C30H24F2N4. The van der Waals surface area contributed by atoms with Gasteiger partial charge in [0.25, 0.3) is 0 Å². The van der Waals surface area contributed by atoms with Gasteiger partial charge in [-0.05, 0) is 73.1 Å². The van der Waals surface area contributed by atoms with E-state index in [9.17, 15) is 8.78 Å². The molecular weight excluding hydrogens is 454 g/mol. The number of rotatable bonds is 3. The number of aromatic nitrogens is 3. The van der Waals surface area contributed by atoms with Crippen LogP contribution in [0.3, 0.4) is 0 Å². The van der Waals surface area contributed by atoms with Gasteiger partial charge < -0.3 is 0 Å². The van der Waals surface area contributed by atoms with E-state index in [1.165, 1.54) is 24.3 Å². The number of benzene rings is 3. The average molecular weight is 479 g/mol. The fourth-order valence-corrected chi connectivity index (χ4v) is 5.02. The van der Waals surface area contributed by atoms with E-state index in [-0.39, 0.29) is 11.6 Å². The molecule has 4 nitrogen and oxygen atoms in total. The molecule has 0 bridgehead atoms. The zero-order chi connectivity index (χ0) is 24.8. The van der Waals surface area contributed by atoms with E-state index in [0.29, 0.717) is 13.1 Å². The predicted octanol–water partition coefficient (Wildman–Crippen LogP) is 6.66.